The molecule has 1 aromatic heterocycles. The summed E-state index contributed by atoms with van der Waals surface area (Å²) in [5.74, 6) is -3.26. The molecule has 160 valence electrons. The number of nitrogens with one attached hydrogen (secondary N) is 1. The monoisotopic (exact) mass is 451 g/mol. The SMILES string of the molecule is C[C@H]1[C@H](NC(=O)/C(=N\OC(C)(C)C(=O)O)c2csc(N)n2)C(=O)N1OS(=O)(=O)O. The van der Waals surface area contributed by atoms with Crippen molar-refractivity contribution in [2.24, 2.45) is 5.16 Å². The smallest absolute Gasteiger partial charge is 0.418 e. The number of carbonyl (C=O) groups excluding carboxylic acids is 2. The number of thiazole rings is 1. The van der Waals surface area contributed by atoms with Crippen LogP contribution in [-0.4, -0.2) is 69.3 Å². The topological polar surface area (TPSA) is 211 Å². The number of anilines is 1. The third-order valence-electron chi connectivity index (χ3n) is 3.66. The number of hydroxylamine groups is 2. The number of oxime groups is 1. The van der Waals surface area contributed by atoms with Gasteiger partial charge in [0.2, 0.25) is 5.60 Å². The molecule has 0 unspecified atom stereocenters. The summed E-state index contributed by atoms with van der Waals surface area (Å²) in [6.45, 7) is 3.75. The highest BCUT2D eigenvalue weighted by molar-refractivity contribution is 7.80. The van der Waals surface area contributed by atoms with Gasteiger partial charge in [0.1, 0.15) is 11.7 Å². The van der Waals surface area contributed by atoms with Crippen LogP contribution in [0.25, 0.3) is 0 Å². The first-order valence-corrected chi connectivity index (χ1v) is 9.99. The maximum Gasteiger partial charge on any atom is 0.418 e. The van der Waals surface area contributed by atoms with Gasteiger partial charge in [-0.3, -0.25) is 14.1 Å². The Morgan fingerprint density at radius 1 is 1.45 bits per heavy atom. The largest absolute Gasteiger partial charge is 0.478 e. The van der Waals surface area contributed by atoms with E-state index in [2.05, 4.69) is 19.7 Å². The number of hydrogen-bond acceptors (Lipinski definition) is 11. The van der Waals surface area contributed by atoms with Gasteiger partial charge in [-0.25, -0.2) is 9.78 Å². The molecule has 2 amide bonds. The Hall–Kier alpha value is -2.82. The molecular weight excluding hydrogens is 434 g/mol. The fraction of sp³-hybridized carbons (Fsp3) is 0.462. The van der Waals surface area contributed by atoms with Crippen LogP contribution in [0.3, 0.4) is 0 Å². The fourth-order valence-corrected chi connectivity index (χ4v) is 2.96. The summed E-state index contributed by atoms with van der Waals surface area (Å²) in [5, 5.41) is 16.8. The predicted octanol–water partition coefficient (Wildman–Crippen LogP) is -1.24. The molecule has 1 aliphatic rings. The highest BCUT2D eigenvalue weighted by Gasteiger charge is 2.49. The normalized spacial score (nSPS) is 20.2. The van der Waals surface area contributed by atoms with Gasteiger partial charge < -0.3 is 21.0 Å². The van der Waals surface area contributed by atoms with E-state index in [0.29, 0.717) is 5.06 Å². The van der Waals surface area contributed by atoms with Crippen LogP contribution in [0, 0.1) is 0 Å². The summed E-state index contributed by atoms with van der Waals surface area (Å²) in [6, 6.07) is -2.16. The molecule has 1 fully saturated rings. The van der Waals surface area contributed by atoms with Gasteiger partial charge in [0.05, 0.1) is 6.04 Å². The molecular formula is C13H17N5O9S2. The number of carboxylic acids is 1. The molecule has 2 rings (SSSR count). The lowest BCUT2D eigenvalue weighted by molar-refractivity contribution is -0.196. The fourth-order valence-electron chi connectivity index (χ4n) is 2.00. The maximum atomic E-state index is 12.6. The number of nitrogens with two attached hydrogens (primary N) is 1. The van der Waals surface area contributed by atoms with Gasteiger partial charge in [0, 0.05) is 5.38 Å². The summed E-state index contributed by atoms with van der Waals surface area (Å²) < 4.78 is 34.2. The first kappa shape index (κ1) is 22.5. The minimum atomic E-state index is -4.92. The van der Waals surface area contributed by atoms with Crippen LogP contribution >= 0.6 is 11.3 Å². The summed E-state index contributed by atoms with van der Waals surface area (Å²) in [5.41, 5.74) is 3.28. The molecule has 0 radical (unpaired) electrons. The second kappa shape index (κ2) is 7.90. The lowest BCUT2D eigenvalue weighted by Crippen LogP contribution is -2.70. The molecule has 2 heterocycles. The highest BCUT2D eigenvalue weighted by atomic mass is 32.3. The van der Waals surface area contributed by atoms with E-state index in [0.717, 1.165) is 11.3 Å². The van der Waals surface area contributed by atoms with E-state index >= 15 is 0 Å². The zero-order chi connectivity index (χ0) is 22.1. The molecule has 1 aromatic rings. The van der Waals surface area contributed by atoms with E-state index < -0.39 is 51.6 Å². The number of carboxylic acid groups (broad SMARTS) is 1. The average Bonchev–Trinajstić information content (AvgIpc) is 3.02. The Morgan fingerprint density at radius 2 is 2.07 bits per heavy atom. The van der Waals surface area contributed by atoms with Gasteiger partial charge >= 0.3 is 16.4 Å². The summed E-state index contributed by atoms with van der Waals surface area (Å²) in [7, 11) is -4.92. The standard InChI is InChI=1S/C13H17N5O9S2/c1-5-7(10(20)18(5)27-29(23,24)25)16-9(19)8(6-4-28-12(14)15-6)17-26-13(2,3)11(21)22/h4-5,7H,1-3H3,(H2,14,15)(H,16,19)(H,21,22)(H,23,24,25)/b17-8-/t5-,7-/m0/s1. The highest BCUT2D eigenvalue weighted by Crippen LogP contribution is 2.22. The number of carbonyl (C=O) groups is 3. The van der Waals surface area contributed by atoms with Crippen molar-refractivity contribution in [3.63, 3.8) is 0 Å². The van der Waals surface area contributed by atoms with Crippen LogP contribution in [0.2, 0.25) is 0 Å². The Labute approximate surface area is 168 Å². The third kappa shape index (κ3) is 5.17. The molecule has 14 nitrogen and oxygen atoms in total. The van der Waals surface area contributed by atoms with Crippen LogP contribution in [0.5, 0.6) is 0 Å². The number of rotatable bonds is 8. The average molecular weight is 451 g/mol. The third-order valence-corrected chi connectivity index (χ3v) is 4.68. The predicted molar refractivity (Wildman–Crippen MR) is 96.7 cm³/mol. The quantitative estimate of drug-likeness (QED) is 0.159. The number of amides is 2. The molecule has 2 atom stereocenters. The van der Waals surface area contributed by atoms with Crippen molar-refractivity contribution in [3.8, 4) is 0 Å². The lowest BCUT2D eigenvalue weighted by Gasteiger charge is -2.42. The van der Waals surface area contributed by atoms with E-state index in [1.807, 2.05) is 0 Å². The lowest BCUT2D eigenvalue weighted by atomic mass is 10.00. The molecule has 0 aromatic carbocycles. The van der Waals surface area contributed by atoms with Crippen molar-refractivity contribution in [1.29, 1.82) is 0 Å². The molecule has 29 heavy (non-hydrogen) atoms. The number of aliphatic carboxylic acids is 1. The van der Waals surface area contributed by atoms with Crippen LogP contribution < -0.4 is 11.1 Å². The van der Waals surface area contributed by atoms with Gasteiger partial charge in [-0.05, 0) is 20.8 Å². The Morgan fingerprint density at radius 3 is 2.52 bits per heavy atom. The first-order valence-electron chi connectivity index (χ1n) is 7.75. The molecule has 1 aliphatic heterocycles. The van der Waals surface area contributed by atoms with E-state index in [4.69, 9.17) is 20.2 Å². The van der Waals surface area contributed by atoms with E-state index in [9.17, 15) is 22.8 Å². The van der Waals surface area contributed by atoms with Gasteiger partial charge in [-0.1, -0.05) is 5.16 Å². The Balaban J connectivity index is 2.21. The van der Waals surface area contributed by atoms with Crippen molar-refractivity contribution in [2.75, 3.05) is 5.73 Å². The second-order valence-electron chi connectivity index (χ2n) is 6.28. The van der Waals surface area contributed by atoms with Crippen LogP contribution in [0.15, 0.2) is 10.5 Å². The Kier molecular flexibility index (Phi) is 6.12. The molecule has 0 spiro atoms. The number of aromatic nitrogens is 1. The molecule has 0 aliphatic carbocycles. The van der Waals surface area contributed by atoms with E-state index in [1.165, 1.54) is 26.2 Å². The Bertz CT molecular complexity index is 971. The maximum absolute atomic E-state index is 12.6. The van der Waals surface area contributed by atoms with E-state index in [-0.39, 0.29) is 10.8 Å². The molecule has 1 saturated heterocycles. The van der Waals surface area contributed by atoms with E-state index in [1.54, 1.807) is 0 Å². The number of β-lactam (4-membered cyclic amide) rings is 1. The molecule has 0 bridgehead atoms. The van der Waals surface area contributed by atoms with Crippen LogP contribution in [0.4, 0.5) is 5.13 Å². The molecule has 5 N–H and O–H groups in total. The molecule has 16 heteroatoms. The van der Waals surface area contributed by atoms with Crippen molar-refractivity contribution in [1.82, 2.24) is 15.4 Å². The summed E-state index contributed by atoms with van der Waals surface area (Å²) in [4.78, 5) is 44.5. The molecule has 0 saturated carbocycles. The van der Waals surface area contributed by atoms with Gasteiger partial charge in [0.15, 0.2) is 10.8 Å². The van der Waals surface area contributed by atoms with Gasteiger partial charge in [-0.15, -0.1) is 15.6 Å². The zero-order valence-electron chi connectivity index (χ0n) is 15.2. The minimum Gasteiger partial charge on any atom is -0.478 e. The van der Waals surface area contributed by atoms with Crippen molar-refractivity contribution >= 4 is 50.4 Å². The number of nitrogen functional groups attached to an aromatic ring is 1. The minimum absolute atomic E-state index is 0.0309. The first-order chi connectivity index (χ1) is 13.2. The van der Waals surface area contributed by atoms with Gasteiger partial charge in [0.25, 0.3) is 11.8 Å². The van der Waals surface area contributed by atoms with Crippen molar-refractivity contribution < 1.29 is 41.6 Å². The van der Waals surface area contributed by atoms with Crippen molar-refractivity contribution in [2.45, 2.75) is 38.5 Å². The summed E-state index contributed by atoms with van der Waals surface area (Å²) in [6.07, 6.45) is 0. The summed E-state index contributed by atoms with van der Waals surface area (Å²) >= 11 is 0.981. The zero-order valence-corrected chi connectivity index (χ0v) is 16.9. The second-order valence-corrected chi connectivity index (χ2v) is 8.17. The number of hydrogen-bond donors (Lipinski definition) is 4. The van der Waals surface area contributed by atoms with Gasteiger partial charge in [-0.2, -0.15) is 13.5 Å². The number of nitrogens with zero attached hydrogens (tertiary/aromatic N) is 3. The van der Waals surface area contributed by atoms with Crippen LogP contribution in [0.1, 0.15) is 26.5 Å². The van der Waals surface area contributed by atoms with Crippen molar-refractivity contribution in [3.05, 3.63) is 11.1 Å². The van der Waals surface area contributed by atoms with Crippen LogP contribution in [-0.2, 0) is 33.9 Å².